The number of rotatable bonds is 4. The van der Waals surface area contributed by atoms with Crippen LogP contribution in [-0.4, -0.2) is 8.42 Å². The van der Waals surface area contributed by atoms with E-state index in [1.54, 1.807) is 24.3 Å². The molecule has 0 fully saturated rings. The summed E-state index contributed by atoms with van der Waals surface area (Å²) < 4.78 is 31.1. The van der Waals surface area contributed by atoms with Crippen LogP contribution in [-0.2, 0) is 20.9 Å². The zero-order valence-electron chi connectivity index (χ0n) is 10.6. The van der Waals surface area contributed by atoms with Gasteiger partial charge in [-0.1, -0.05) is 23.8 Å². The van der Waals surface area contributed by atoms with Crippen LogP contribution in [0.2, 0.25) is 0 Å². The molecule has 106 valence electrons. The predicted octanol–water partition coefficient (Wildman–Crippen LogP) is 4.27. The Morgan fingerprint density at radius 3 is 2.40 bits per heavy atom. The lowest BCUT2D eigenvalue weighted by atomic mass is 10.2. The van der Waals surface area contributed by atoms with E-state index in [1.165, 1.54) is 0 Å². The molecule has 0 aliphatic heterocycles. The minimum absolute atomic E-state index is 0.0196. The third kappa shape index (κ3) is 4.03. The van der Waals surface area contributed by atoms with Crippen LogP contribution in [0, 0.1) is 10.5 Å². The maximum atomic E-state index is 12.0. The summed E-state index contributed by atoms with van der Waals surface area (Å²) in [4.78, 5) is 0.174. The molecule has 0 unspecified atom stereocenters. The van der Waals surface area contributed by atoms with Gasteiger partial charge in [0.1, 0.15) is 0 Å². The van der Waals surface area contributed by atoms with Crippen molar-refractivity contribution in [1.29, 1.82) is 0 Å². The molecular weight excluding hydrogens is 455 g/mol. The van der Waals surface area contributed by atoms with Crippen LogP contribution in [0.3, 0.4) is 0 Å². The molecule has 3 nitrogen and oxygen atoms in total. The summed E-state index contributed by atoms with van der Waals surface area (Å²) in [6, 6.07) is 12.2. The van der Waals surface area contributed by atoms with Crippen molar-refractivity contribution in [1.82, 2.24) is 0 Å². The fourth-order valence-electron chi connectivity index (χ4n) is 1.55. The van der Waals surface area contributed by atoms with Crippen LogP contribution < -0.4 is 0 Å². The minimum atomic E-state index is -3.72. The molecule has 0 aromatic heterocycles. The fourth-order valence-corrected chi connectivity index (χ4v) is 3.21. The van der Waals surface area contributed by atoms with Crippen molar-refractivity contribution in [3.8, 4) is 0 Å². The first-order valence-corrected chi connectivity index (χ1v) is 9.06. The molecule has 0 heterocycles. The first-order chi connectivity index (χ1) is 9.38. The van der Waals surface area contributed by atoms with Gasteiger partial charge < -0.3 is 0 Å². The number of aryl methyl sites for hydroxylation is 1. The standard InChI is InChI=1S/C14H12BrIO3S/c1-10-2-5-12(6-3-10)20(17,18)19-9-11-4-7-14(16)13(15)8-11/h2-8H,9H2,1H3. The minimum Gasteiger partial charge on any atom is -0.262 e. The number of benzene rings is 2. The maximum Gasteiger partial charge on any atom is 0.297 e. The highest BCUT2D eigenvalue weighted by molar-refractivity contribution is 14.1. The van der Waals surface area contributed by atoms with Gasteiger partial charge in [0.2, 0.25) is 0 Å². The summed E-state index contributed by atoms with van der Waals surface area (Å²) >= 11 is 5.60. The van der Waals surface area contributed by atoms with Crippen LogP contribution >= 0.6 is 38.5 Å². The van der Waals surface area contributed by atoms with Gasteiger partial charge in [0.15, 0.2) is 0 Å². The molecule has 0 radical (unpaired) electrons. The molecule has 0 saturated carbocycles. The maximum absolute atomic E-state index is 12.0. The van der Waals surface area contributed by atoms with E-state index in [0.717, 1.165) is 19.2 Å². The summed E-state index contributed by atoms with van der Waals surface area (Å²) in [6.07, 6.45) is 0. The molecule has 0 aliphatic carbocycles. The van der Waals surface area contributed by atoms with Crippen LogP contribution in [0.5, 0.6) is 0 Å². The second kappa shape index (κ2) is 6.55. The van der Waals surface area contributed by atoms with Crippen LogP contribution in [0.4, 0.5) is 0 Å². The van der Waals surface area contributed by atoms with Gasteiger partial charge in [-0.25, -0.2) is 0 Å². The lowest BCUT2D eigenvalue weighted by molar-refractivity contribution is 0.308. The Balaban J connectivity index is 2.13. The topological polar surface area (TPSA) is 43.4 Å². The van der Waals surface area contributed by atoms with E-state index in [2.05, 4.69) is 38.5 Å². The molecular formula is C14H12BrIO3S. The summed E-state index contributed by atoms with van der Waals surface area (Å²) in [5.74, 6) is 0. The zero-order valence-corrected chi connectivity index (χ0v) is 15.2. The Hall–Kier alpha value is -0.440. The fraction of sp³-hybridized carbons (Fsp3) is 0.143. The normalized spacial score (nSPS) is 11.6. The van der Waals surface area contributed by atoms with E-state index in [4.69, 9.17) is 4.18 Å². The number of hydrogen-bond acceptors (Lipinski definition) is 3. The Bertz CT molecular complexity index is 712. The van der Waals surface area contributed by atoms with Crippen molar-refractivity contribution in [2.75, 3.05) is 0 Å². The van der Waals surface area contributed by atoms with Crippen molar-refractivity contribution in [2.45, 2.75) is 18.4 Å². The molecule has 6 heteroatoms. The van der Waals surface area contributed by atoms with Gasteiger partial charge in [0.05, 0.1) is 11.5 Å². The van der Waals surface area contributed by atoms with Crippen LogP contribution in [0.1, 0.15) is 11.1 Å². The van der Waals surface area contributed by atoms with Gasteiger partial charge >= 0.3 is 0 Å². The van der Waals surface area contributed by atoms with E-state index in [0.29, 0.717) is 0 Å². The predicted molar refractivity (Wildman–Crippen MR) is 90.0 cm³/mol. The lowest BCUT2D eigenvalue weighted by Crippen LogP contribution is -2.06. The smallest absolute Gasteiger partial charge is 0.262 e. The van der Waals surface area contributed by atoms with E-state index in [1.807, 2.05) is 25.1 Å². The summed E-state index contributed by atoms with van der Waals surface area (Å²) in [5, 5.41) is 0. The van der Waals surface area contributed by atoms with Crippen molar-refractivity contribution in [3.63, 3.8) is 0 Å². The van der Waals surface area contributed by atoms with Crippen molar-refractivity contribution < 1.29 is 12.6 Å². The SMILES string of the molecule is Cc1ccc(S(=O)(=O)OCc2ccc(I)c(Br)c2)cc1. The van der Waals surface area contributed by atoms with Crippen molar-refractivity contribution in [3.05, 3.63) is 61.6 Å². The zero-order chi connectivity index (χ0) is 14.8. The Morgan fingerprint density at radius 2 is 1.80 bits per heavy atom. The summed E-state index contributed by atoms with van der Waals surface area (Å²) in [7, 11) is -3.72. The molecule has 2 rings (SSSR count). The monoisotopic (exact) mass is 466 g/mol. The second-order valence-corrected chi connectivity index (χ2v) is 7.91. The van der Waals surface area contributed by atoms with Crippen molar-refractivity contribution >= 4 is 48.6 Å². The second-order valence-electron chi connectivity index (χ2n) is 4.28. The van der Waals surface area contributed by atoms with Gasteiger partial charge in [0, 0.05) is 8.04 Å². The molecule has 0 saturated heterocycles. The molecule has 0 atom stereocenters. The van der Waals surface area contributed by atoms with E-state index < -0.39 is 10.1 Å². The Kier molecular flexibility index (Phi) is 5.22. The highest BCUT2D eigenvalue weighted by Crippen LogP contribution is 2.22. The largest absolute Gasteiger partial charge is 0.297 e. The molecule has 0 aliphatic rings. The third-order valence-electron chi connectivity index (χ3n) is 2.67. The average Bonchev–Trinajstić information content (AvgIpc) is 2.41. The van der Waals surface area contributed by atoms with Gasteiger partial charge in [0.25, 0.3) is 10.1 Å². The number of halogens is 2. The van der Waals surface area contributed by atoms with Crippen molar-refractivity contribution in [2.24, 2.45) is 0 Å². The highest BCUT2D eigenvalue weighted by atomic mass is 127. The van der Waals surface area contributed by atoms with Gasteiger partial charge in [-0.15, -0.1) is 0 Å². The molecule has 2 aromatic rings. The molecule has 20 heavy (non-hydrogen) atoms. The first-order valence-electron chi connectivity index (χ1n) is 5.78. The van der Waals surface area contributed by atoms with Gasteiger partial charge in [-0.2, -0.15) is 8.42 Å². The summed E-state index contributed by atoms with van der Waals surface area (Å²) in [5.41, 5.74) is 1.80. The molecule has 0 spiro atoms. The highest BCUT2D eigenvalue weighted by Gasteiger charge is 2.15. The van der Waals surface area contributed by atoms with E-state index in [9.17, 15) is 8.42 Å². The van der Waals surface area contributed by atoms with E-state index in [-0.39, 0.29) is 11.5 Å². The molecule has 0 bridgehead atoms. The first kappa shape index (κ1) is 15.9. The van der Waals surface area contributed by atoms with Crippen LogP contribution in [0.25, 0.3) is 0 Å². The quantitative estimate of drug-likeness (QED) is 0.499. The Morgan fingerprint density at radius 1 is 1.15 bits per heavy atom. The Labute approximate surface area is 140 Å². The molecule has 0 N–H and O–H groups in total. The van der Waals surface area contributed by atoms with Crippen LogP contribution in [0.15, 0.2) is 51.8 Å². The average molecular weight is 467 g/mol. The van der Waals surface area contributed by atoms with Gasteiger partial charge in [-0.3, -0.25) is 4.18 Å². The third-order valence-corrected chi connectivity index (χ3v) is 6.29. The molecule has 2 aromatic carbocycles. The van der Waals surface area contributed by atoms with Gasteiger partial charge in [-0.05, 0) is 75.3 Å². The summed E-state index contributed by atoms with van der Waals surface area (Å²) in [6.45, 7) is 1.92. The lowest BCUT2D eigenvalue weighted by Gasteiger charge is -2.07. The number of hydrogen-bond donors (Lipinski definition) is 0. The molecule has 0 amide bonds. The van der Waals surface area contributed by atoms with E-state index >= 15 is 0 Å².